The van der Waals surface area contributed by atoms with Crippen LogP contribution in [0.5, 0.6) is 0 Å². The number of aromatic nitrogens is 1. The van der Waals surface area contributed by atoms with Crippen LogP contribution < -0.4 is 0 Å². The molecule has 1 aromatic heterocycles. The number of ketones is 1. The number of pyridine rings is 1. The van der Waals surface area contributed by atoms with Crippen LogP contribution in [0.25, 0.3) is 6.08 Å². The van der Waals surface area contributed by atoms with Gasteiger partial charge in [-0.3, -0.25) is 14.6 Å². The van der Waals surface area contributed by atoms with Crippen LogP contribution in [-0.2, 0) is 19.1 Å². The summed E-state index contributed by atoms with van der Waals surface area (Å²) in [6, 6.07) is 5.61. The third-order valence-corrected chi connectivity index (χ3v) is 7.87. The fourth-order valence-electron chi connectivity index (χ4n) is 4.96. The molecule has 3 rings (SSSR count). The molecule has 1 fully saturated rings. The fourth-order valence-corrected chi connectivity index (χ4v) is 4.96. The normalized spacial score (nSPS) is 35.8. The molecular weight excluding hydrogens is 458 g/mol. The lowest BCUT2D eigenvalue weighted by atomic mass is 9.72. The van der Waals surface area contributed by atoms with Crippen molar-refractivity contribution in [1.29, 1.82) is 0 Å². The monoisotopic (exact) mass is 499 g/mol. The number of hydrogen-bond acceptors (Lipinski definition) is 7. The van der Waals surface area contributed by atoms with Gasteiger partial charge in [0.25, 0.3) is 0 Å². The van der Waals surface area contributed by atoms with Crippen LogP contribution in [0.1, 0.15) is 79.3 Å². The van der Waals surface area contributed by atoms with Gasteiger partial charge in [-0.1, -0.05) is 32.9 Å². The van der Waals surface area contributed by atoms with Gasteiger partial charge in [-0.15, -0.1) is 0 Å². The van der Waals surface area contributed by atoms with Crippen molar-refractivity contribution < 1.29 is 29.3 Å². The van der Waals surface area contributed by atoms with Crippen molar-refractivity contribution in [2.75, 3.05) is 0 Å². The van der Waals surface area contributed by atoms with E-state index in [1.54, 1.807) is 20.0 Å². The van der Waals surface area contributed by atoms with Crippen LogP contribution in [0, 0.1) is 11.3 Å². The highest BCUT2D eigenvalue weighted by atomic mass is 16.6. The summed E-state index contributed by atoms with van der Waals surface area (Å²) in [4.78, 5) is 30.7. The van der Waals surface area contributed by atoms with E-state index in [2.05, 4.69) is 4.98 Å². The number of nitrogens with zero attached hydrogens (tertiary/aromatic N) is 1. The Kier molecular flexibility index (Phi) is 8.91. The number of cyclic esters (lactones) is 1. The van der Waals surface area contributed by atoms with Gasteiger partial charge in [0.15, 0.2) is 0 Å². The van der Waals surface area contributed by atoms with Gasteiger partial charge in [0.2, 0.25) is 0 Å². The Morgan fingerprint density at radius 2 is 1.94 bits per heavy atom. The van der Waals surface area contributed by atoms with E-state index in [-0.39, 0.29) is 23.9 Å². The van der Waals surface area contributed by atoms with Crippen LogP contribution in [0.3, 0.4) is 0 Å². The summed E-state index contributed by atoms with van der Waals surface area (Å²) in [6.07, 6.45) is 4.77. The molecule has 0 unspecified atom stereocenters. The predicted octanol–water partition coefficient (Wildman–Crippen LogP) is 4.42. The third kappa shape index (κ3) is 6.50. The average Bonchev–Trinajstić information content (AvgIpc) is 3.47. The summed E-state index contributed by atoms with van der Waals surface area (Å²) in [5.41, 5.74) is 0.741. The number of aliphatic hydroxyl groups excluding tert-OH is 2. The largest absolute Gasteiger partial charge is 0.458 e. The molecule has 2 N–H and O–H groups in total. The smallest absolute Gasteiger partial charge is 0.309 e. The summed E-state index contributed by atoms with van der Waals surface area (Å²) >= 11 is 0. The average molecular weight is 500 g/mol. The zero-order chi connectivity index (χ0) is 26.7. The molecule has 1 aromatic rings. The summed E-state index contributed by atoms with van der Waals surface area (Å²) in [5.74, 6) is -1.52. The topological polar surface area (TPSA) is 109 Å². The Hall–Kier alpha value is -2.35. The molecule has 36 heavy (non-hydrogen) atoms. The van der Waals surface area contributed by atoms with E-state index in [0.717, 1.165) is 23.3 Å². The van der Waals surface area contributed by atoms with Crippen molar-refractivity contribution in [2.24, 2.45) is 11.3 Å². The molecule has 7 heteroatoms. The number of epoxide rings is 1. The second kappa shape index (κ2) is 11.4. The minimum atomic E-state index is -1.25. The molecule has 0 bridgehead atoms. The van der Waals surface area contributed by atoms with Gasteiger partial charge in [0.1, 0.15) is 11.9 Å². The van der Waals surface area contributed by atoms with Gasteiger partial charge in [-0.25, -0.2) is 0 Å². The molecule has 2 aliphatic rings. The van der Waals surface area contributed by atoms with Crippen LogP contribution in [0.2, 0.25) is 0 Å². The Labute approximate surface area is 214 Å². The number of ether oxygens (including phenoxy) is 2. The molecule has 198 valence electrons. The van der Waals surface area contributed by atoms with E-state index in [1.807, 2.05) is 58.0 Å². The molecule has 6 atom stereocenters. The second-order valence-corrected chi connectivity index (χ2v) is 11.0. The molecular formula is C29H41NO6. The van der Waals surface area contributed by atoms with Crippen LogP contribution in [0.4, 0.5) is 0 Å². The number of carbonyl (C=O) groups excluding carboxylic acids is 2. The van der Waals surface area contributed by atoms with E-state index >= 15 is 0 Å². The standard InChI is InChI=1S/C29H41NO6/c1-7-21-26(33)18(2)11-10-13-29(6)24(36-29)16-22(19(3)15-20-12-8-9-14-30-20)35-25(32)17-23(31)28(4,5)27(21)34/h8-9,11-12,14-15,21-24,26,31,33H,7,10,13,16-17H2,1-6H3/b18-11+,19-15?/t21-,22+,23+,24-,26+,29-/m1/s1. The first-order valence-electron chi connectivity index (χ1n) is 12.9. The molecule has 0 aromatic carbocycles. The van der Waals surface area contributed by atoms with Gasteiger partial charge in [-0.05, 0) is 69.4 Å². The maximum Gasteiger partial charge on any atom is 0.309 e. The molecule has 0 amide bonds. The lowest BCUT2D eigenvalue weighted by Crippen LogP contribution is -2.45. The molecule has 0 aliphatic carbocycles. The molecule has 1 saturated heterocycles. The number of esters is 1. The Bertz CT molecular complexity index is 1000. The minimum absolute atomic E-state index is 0.0831. The van der Waals surface area contributed by atoms with Gasteiger partial charge < -0.3 is 19.7 Å². The zero-order valence-electron chi connectivity index (χ0n) is 22.4. The Balaban J connectivity index is 1.91. The van der Waals surface area contributed by atoms with Gasteiger partial charge >= 0.3 is 5.97 Å². The summed E-state index contributed by atoms with van der Waals surface area (Å²) in [5, 5.41) is 21.9. The van der Waals surface area contributed by atoms with E-state index in [4.69, 9.17) is 9.47 Å². The van der Waals surface area contributed by atoms with Gasteiger partial charge in [0.05, 0.1) is 41.4 Å². The van der Waals surface area contributed by atoms with E-state index in [1.165, 1.54) is 0 Å². The number of Topliss-reactive ketones (excluding diaryl/α,β-unsaturated/α-hetero) is 1. The first-order valence-corrected chi connectivity index (χ1v) is 12.9. The summed E-state index contributed by atoms with van der Waals surface area (Å²) in [6.45, 7) is 10.9. The van der Waals surface area contributed by atoms with E-state index in [9.17, 15) is 19.8 Å². The molecule has 0 saturated carbocycles. The number of allylic oxidation sites excluding steroid dienone is 1. The van der Waals surface area contributed by atoms with Crippen molar-refractivity contribution in [3.63, 3.8) is 0 Å². The number of hydrogen-bond donors (Lipinski definition) is 2. The predicted molar refractivity (Wildman–Crippen MR) is 138 cm³/mol. The van der Waals surface area contributed by atoms with Crippen molar-refractivity contribution in [1.82, 2.24) is 4.98 Å². The van der Waals surface area contributed by atoms with Gasteiger partial charge in [-0.2, -0.15) is 0 Å². The van der Waals surface area contributed by atoms with E-state index < -0.39 is 35.6 Å². The SMILES string of the molecule is CC[C@H]1C(=O)C(C)(C)[C@@H](O)CC(=O)O[C@H](C(C)=Cc2ccccn2)C[C@H]2O[C@]2(C)CC/C=C(\C)[C@@H]1O. The van der Waals surface area contributed by atoms with Crippen LogP contribution >= 0.6 is 0 Å². The van der Waals surface area contributed by atoms with E-state index in [0.29, 0.717) is 19.3 Å². The summed E-state index contributed by atoms with van der Waals surface area (Å²) in [7, 11) is 0. The van der Waals surface area contributed by atoms with Crippen molar-refractivity contribution in [3.8, 4) is 0 Å². The number of carbonyl (C=O) groups is 2. The molecule has 7 nitrogen and oxygen atoms in total. The number of rotatable bonds is 3. The zero-order valence-corrected chi connectivity index (χ0v) is 22.4. The fraction of sp³-hybridized carbons (Fsp3) is 0.621. The maximum absolute atomic E-state index is 13.4. The highest BCUT2D eigenvalue weighted by molar-refractivity contribution is 5.88. The van der Waals surface area contributed by atoms with Crippen molar-refractivity contribution >= 4 is 17.8 Å². The van der Waals surface area contributed by atoms with Crippen LogP contribution in [0.15, 0.2) is 41.6 Å². The molecule has 0 spiro atoms. The maximum atomic E-state index is 13.4. The minimum Gasteiger partial charge on any atom is -0.458 e. The second-order valence-electron chi connectivity index (χ2n) is 11.0. The van der Waals surface area contributed by atoms with Gasteiger partial charge in [0, 0.05) is 18.5 Å². The molecule has 0 radical (unpaired) electrons. The van der Waals surface area contributed by atoms with Crippen LogP contribution in [-0.4, -0.2) is 57.0 Å². The lowest BCUT2D eigenvalue weighted by Gasteiger charge is -2.34. The third-order valence-electron chi connectivity index (χ3n) is 7.87. The number of fused-ring (bicyclic) bond motifs is 1. The highest BCUT2D eigenvalue weighted by Gasteiger charge is 2.52. The molecule has 2 aliphatic heterocycles. The Morgan fingerprint density at radius 3 is 2.58 bits per heavy atom. The Morgan fingerprint density at radius 1 is 1.22 bits per heavy atom. The van der Waals surface area contributed by atoms with Crippen molar-refractivity contribution in [3.05, 3.63) is 47.3 Å². The van der Waals surface area contributed by atoms with Crippen molar-refractivity contribution in [2.45, 2.75) is 104 Å². The lowest BCUT2D eigenvalue weighted by molar-refractivity contribution is -0.154. The quantitative estimate of drug-likeness (QED) is 0.360. The first kappa shape index (κ1) is 28.2. The first-order chi connectivity index (χ1) is 16.9. The number of aliphatic hydroxyl groups is 2. The summed E-state index contributed by atoms with van der Waals surface area (Å²) < 4.78 is 11.9. The highest BCUT2D eigenvalue weighted by Crippen LogP contribution is 2.44. The molecule has 3 heterocycles.